The SMILES string of the molecule is O=C(N=Nc1c(O)[nH]c2ccccc12)C1CC(c2ccc(Cl)cc2Cl)NN1. The van der Waals surface area contributed by atoms with Crippen LogP contribution in [-0.2, 0) is 4.79 Å². The second kappa shape index (κ2) is 7.28. The standard InChI is InChI=1S/C18H15Cl2N5O2/c19-9-5-6-10(12(20)7-9)14-8-15(23-22-14)17(26)25-24-16-11-3-1-2-4-13(11)21-18(16)27/h1-7,14-15,21-23,27H,8H2. The van der Waals surface area contributed by atoms with Crippen molar-refractivity contribution in [2.45, 2.75) is 18.5 Å². The van der Waals surface area contributed by atoms with Crippen LogP contribution in [0.5, 0.6) is 5.88 Å². The number of para-hydroxylation sites is 1. The summed E-state index contributed by atoms with van der Waals surface area (Å²) >= 11 is 12.2. The molecule has 138 valence electrons. The Morgan fingerprint density at radius 1 is 1.15 bits per heavy atom. The normalized spacial score (nSPS) is 19.9. The van der Waals surface area contributed by atoms with E-state index in [4.69, 9.17) is 23.2 Å². The first-order chi connectivity index (χ1) is 13.0. The molecule has 1 aromatic heterocycles. The van der Waals surface area contributed by atoms with Crippen molar-refractivity contribution < 1.29 is 9.90 Å². The summed E-state index contributed by atoms with van der Waals surface area (Å²) < 4.78 is 0. The molecule has 0 aliphatic carbocycles. The lowest BCUT2D eigenvalue weighted by Gasteiger charge is -2.11. The van der Waals surface area contributed by atoms with E-state index in [9.17, 15) is 9.90 Å². The number of aromatic hydroxyl groups is 1. The maximum Gasteiger partial charge on any atom is 0.282 e. The smallest absolute Gasteiger partial charge is 0.282 e. The van der Waals surface area contributed by atoms with Crippen LogP contribution in [0.25, 0.3) is 10.9 Å². The number of benzene rings is 2. The zero-order chi connectivity index (χ0) is 19.0. The number of carbonyl (C=O) groups is 1. The first kappa shape index (κ1) is 17.9. The van der Waals surface area contributed by atoms with Gasteiger partial charge in [0.15, 0.2) is 5.69 Å². The van der Waals surface area contributed by atoms with Crippen LogP contribution >= 0.6 is 23.2 Å². The number of hydrogen-bond donors (Lipinski definition) is 4. The van der Waals surface area contributed by atoms with Crippen LogP contribution in [0.15, 0.2) is 52.7 Å². The number of aromatic nitrogens is 1. The molecule has 2 heterocycles. The Balaban J connectivity index is 1.49. The van der Waals surface area contributed by atoms with E-state index in [-0.39, 0.29) is 17.6 Å². The lowest BCUT2D eigenvalue weighted by atomic mass is 10.0. The van der Waals surface area contributed by atoms with Crippen LogP contribution in [0.4, 0.5) is 5.69 Å². The third kappa shape index (κ3) is 3.54. The van der Waals surface area contributed by atoms with E-state index >= 15 is 0 Å². The number of aromatic amines is 1. The highest BCUT2D eigenvalue weighted by Crippen LogP contribution is 2.35. The van der Waals surface area contributed by atoms with Gasteiger partial charge in [0.2, 0.25) is 5.88 Å². The number of amides is 1. The minimum absolute atomic E-state index is 0.129. The molecule has 1 aliphatic heterocycles. The molecular formula is C18H15Cl2N5O2. The largest absolute Gasteiger partial charge is 0.493 e. The van der Waals surface area contributed by atoms with E-state index in [0.717, 1.165) is 11.1 Å². The number of carbonyl (C=O) groups excluding carboxylic acids is 1. The van der Waals surface area contributed by atoms with Gasteiger partial charge in [0.1, 0.15) is 6.04 Å². The highest BCUT2D eigenvalue weighted by Gasteiger charge is 2.31. The van der Waals surface area contributed by atoms with E-state index in [1.165, 1.54) is 0 Å². The highest BCUT2D eigenvalue weighted by atomic mass is 35.5. The number of nitrogens with zero attached hydrogens (tertiary/aromatic N) is 2. The fourth-order valence-corrected chi connectivity index (χ4v) is 3.63. The fraction of sp³-hybridized carbons (Fsp3) is 0.167. The number of nitrogens with one attached hydrogen (secondary N) is 3. The summed E-state index contributed by atoms with van der Waals surface area (Å²) in [6.45, 7) is 0. The average Bonchev–Trinajstić information content (AvgIpc) is 3.24. The molecule has 3 aromatic rings. The Morgan fingerprint density at radius 2 is 1.96 bits per heavy atom. The summed E-state index contributed by atoms with van der Waals surface area (Å²) in [5, 5.41) is 19.5. The molecule has 0 saturated carbocycles. The van der Waals surface area contributed by atoms with E-state index in [0.29, 0.717) is 21.9 Å². The number of H-pyrrole nitrogens is 1. The van der Waals surface area contributed by atoms with Crippen LogP contribution in [-0.4, -0.2) is 22.0 Å². The minimum Gasteiger partial charge on any atom is -0.493 e. The van der Waals surface area contributed by atoms with Gasteiger partial charge in [-0.1, -0.05) is 47.5 Å². The first-order valence-electron chi connectivity index (χ1n) is 8.24. The van der Waals surface area contributed by atoms with Gasteiger partial charge in [0, 0.05) is 21.5 Å². The summed E-state index contributed by atoms with van der Waals surface area (Å²) in [5.74, 6) is -0.573. The Bertz CT molecular complexity index is 1050. The van der Waals surface area contributed by atoms with Gasteiger partial charge in [-0.25, -0.2) is 10.9 Å². The predicted molar refractivity (Wildman–Crippen MR) is 103 cm³/mol. The summed E-state index contributed by atoms with van der Waals surface area (Å²) in [7, 11) is 0. The van der Waals surface area contributed by atoms with Gasteiger partial charge in [-0.15, -0.1) is 10.2 Å². The zero-order valence-corrected chi connectivity index (χ0v) is 15.4. The molecule has 2 unspecified atom stereocenters. The van der Waals surface area contributed by atoms with Gasteiger partial charge >= 0.3 is 0 Å². The average molecular weight is 404 g/mol. The fourth-order valence-electron chi connectivity index (χ4n) is 3.09. The Kier molecular flexibility index (Phi) is 4.84. The molecule has 9 heteroatoms. The summed E-state index contributed by atoms with van der Waals surface area (Å²) in [6, 6.07) is 11.8. The van der Waals surface area contributed by atoms with E-state index in [1.807, 2.05) is 18.2 Å². The maximum atomic E-state index is 12.4. The number of hydrazine groups is 1. The van der Waals surface area contributed by atoms with Gasteiger partial charge in [0.25, 0.3) is 5.91 Å². The van der Waals surface area contributed by atoms with Crippen molar-refractivity contribution in [3.05, 3.63) is 58.1 Å². The highest BCUT2D eigenvalue weighted by molar-refractivity contribution is 6.35. The van der Waals surface area contributed by atoms with Gasteiger partial charge in [0.05, 0.1) is 5.52 Å². The van der Waals surface area contributed by atoms with Gasteiger partial charge in [-0.3, -0.25) is 4.79 Å². The van der Waals surface area contributed by atoms with Crippen LogP contribution in [0.2, 0.25) is 10.0 Å². The molecule has 4 rings (SSSR count). The lowest BCUT2D eigenvalue weighted by molar-refractivity contribution is -0.120. The van der Waals surface area contributed by atoms with Crippen LogP contribution in [0.3, 0.4) is 0 Å². The number of halogens is 2. The third-order valence-electron chi connectivity index (χ3n) is 4.45. The van der Waals surface area contributed by atoms with E-state index in [1.54, 1.807) is 24.3 Å². The zero-order valence-electron chi connectivity index (χ0n) is 13.9. The summed E-state index contributed by atoms with van der Waals surface area (Å²) in [6.07, 6.45) is 0.457. The Morgan fingerprint density at radius 3 is 2.78 bits per heavy atom. The molecule has 2 aromatic carbocycles. The number of hydrogen-bond acceptors (Lipinski definition) is 5. The lowest BCUT2D eigenvalue weighted by Crippen LogP contribution is -2.35. The van der Waals surface area contributed by atoms with Crippen LogP contribution in [0, 0.1) is 0 Å². The molecule has 1 fully saturated rings. The monoisotopic (exact) mass is 403 g/mol. The second-order valence-electron chi connectivity index (χ2n) is 6.20. The van der Waals surface area contributed by atoms with Crippen LogP contribution < -0.4 is 10.9 Å². The molecule has 1 aliphatic rings. The van der Waals surface area contributed by atoms with Crippen molar-refractivity contribution in [3.8, 4) is 5.88 Å². The summed E-state index contributed by atoms with van der Waals surface area (Å²) in [4.78, 5) is 15.2. The second-order valence-corrected chi connectivity index (χ2v) is 7.05. The topological polar surface area (TPSA) is 102 Å². The van der Waals surface area contributed by atoms with Gasteiger partial charge < -0.3 is 10.1 Å². The molecule has 0 radical (unpaired) electrons. The Hall–Kier alpha value is -2.45. The molecule has 0 bridgehead atoms. The molecular weight excluding hydrogens is 389 g/mol. The molecule has 1 saturated heterocycles. The Labute approximate surface area is 164 Å². The molecule has 2 atom stereocenters. The number of azo groups is 1. The maximum absolute atomic E-state index is 12.4. The molecule has 7 nitrogen and oxygen atoms in total. The molecule has 27 heavy (non-hydrogen) atoms. The molecule has 1 amide bonds. The van der Waals surface area contributed by atoms with E-state index in [2.05, 4.69) is 26.1 Å². The van der Waals surface area contributed by atoms with Crippen molar-refractivity contribution in [1.29, 1.82) is 0 Å². The van der Waals surface area contributed by atoms with Crippen molar-refractivity contribution in [1.82, 2.24) is 15.8 Å². The summed E-state index contributed by atoms with van der Waals surface area (Å²) in [5.41, 5.74) is 7.75. The number of rotatable bonds is 3. The van der Waals surface area contributed by atoms with Gasteiger partial charge in [-0.2, -0.15) is 0 Å². The molecule has 4 N–H and O–H groups in total. The van der Waals surface area contributed by atoms with Crippen molar-refractivity contribution >= 4 is 45.7 Å². The minimum atomic E-state index is -0.558. The van der Waals surface area contributed by atoms with Gasteiger partial charge in [-0.05, 0) is 30.2 Å². The van der Waals surface area contributed by atoms with Crippen molar-refractivity contribution in [2.24, 2.45) is 10.2 Å². The number of fused-ring (bicyclic) bond motifs is 1. The van der Waals surface area contributed by atoms with E-state index < -0.39 is 11.9 Å². The van der Waals surface area contributed by atoms with Crippen molar-refractivity contribution in [3.63, 3.8) is 0 Å². The quantitative estimate of drug-likeness (QED) is 0.486. The molecule has 0 spiro atoms. The first-order valence-corrected chi connectivity index (χ1v) is 9.00. The predicted octanol–water partition coefficient (Wildman–Crippen LogP) is 4.40. The third-order valence-corrected chi connectivity index (χ3v) is 5.01. The van der Waals surface area contributed by atoms with Crippen molar-refractivity contribution in [2.75, 3.05) is 0 Å². The van der Waals surface area contributed by atoms with Crippen LogP contribution in [0.1, 0.15) is 18.0 Å².